The van der Waals surface area contributed by atoms with Gasteiger partial charge in [-0.15, -0.1) is 0 Å². The number of primary amides is 1. The number of ether oxygens (including phenoxy) is 2. The third-order valence-corrected chi connectivity index (χ3v) is 3.07. The van der Waals surface area contributed by atoms with Gasteiger partial charge >= 0.3 is 6.09 Å². The first-order valence-electron chi connectivity index (χ1n) is 6.02. The standard InChI is InChI=1S/C13H15F2NO3/c14-3-4-18-12-2-1-9(15)6-11(12)10-5-8(10)7-19-13(16)17/h1-2,6,8,10H,3-5,7H2,(H2,16,17). The quantitative estimate of drug-likeness (QED) is 0.864. The molecule has 0 spiro atoms. The van der Waals surface area contributed by atoms with Gasteiger partial charge in [-0.2, -0.15) is 0 Å². The SMILES string of the molecule is NC(=O)OCC1CC1c1cc(F)ccc1OCCF. The van der Waals surface area contributed by atoms with Gasteiger partial charge < -0.3 is 15.2 Å². The van der Waals surface area contributed by atoms with E-state index in [-0.39, 0.29) is 30.9 Å². The monoisotopic (exact) mass is 271 g/mol. The molecule has 19 heavy (non-hydrogen) atoms. The number of alkyl halides is 1. The van der Waals surface area contributed by atoms with Gasteiger partial charge in [-0.05, 0) is 30.5 Å². The molecule has 0 aliphatic heterocycles. The molecule has 0 heterocycles. The number of hydrogen-bond acceptors (Lipinski definition) is 3. The second kappa shape index (κ2) is 5.86. The van der Waals surface area contributed by atoms with E-state index in [2.05, 4.69) is 0 Å². The van der Waals surface area contributed by atoms with Crippen molar-refractivity contribution >= 4 is 6.09 Å². The largest absolute Gasteiger partial charge is 0.491 e. The molecule has 2 unspecified atom stereocenters. The maximum absolute atomic E-state index is 13.3. The van der Waals surface area contributed by atoms with E-state index < -0.39 is 12.8 Å². The number of carbonyl (C=O) groups is 1. The first-order valence-corrected chi connectivity index (χ1v) is 6.02. The van der Waals surface area contributed by atoms with E-state index in [4.69, 9.17) is 15.2 Å². The van der Waals surface area contributed by atoms with Crippen LogP contribution >= 0.6 is 0 Å². The molecule has 0 saturated heterocycles. The van der Waals surface area contributed by atoms with Gasteiger partial charge in [-0.3, -0.25) is 0 Å². The Morgan fingerprint density at radius 1 is 1.47 bits per heavy atom. The Kier molecular flexibility index (Phi) is 4.19. The topological polar surface area (TPSA) is 61.6 Å². The zero-order valence-electron chi connectivity index (χ0n) is 10.3. The van der Waals surface area contributed by atoms with Crippen LogP contribution in [0.2, 0.25) is 0 Å². The van der Waals surface area contributed by atoms with Crippen LogP contribution in [0.5, 0.6) is 5.75 Å². The van der Waals surface area contributed by atoms with Gasteiger partial charge in [0.25, 0.3) is 0 Å². The second-order valence-corrected chi connectivity index (χ2v) is 4.45. The second-order valence-electron chi connectivity index (χ2n) is 4.45. The number of nitrogens with two attached hydrogens (primary N) is 1. The van der Waals surface area contributed by atoms with Crippen molar-refractivity contribution in [1.29, 1.82) is 0 Å². The average Bonchev–Trinajstić information content (AvgIpc) is 3.14. The number of carbonyl (C=O) groups excluding carboxylic acids is 1. The minimum Gasteiger partial charge on any atom is -0.491 e. The minimum atomic E-state index is -0.821. The van der Waals surface area contributed by atoms with Crippen molar-refractivity contribution in [3.8, 4) is 5.75 Å². The van der Waals surface area contributed by atoms with Gasteiger partial charge in [0, 0.05) is 11.5 Å². The number of hydrogen-bond donors (Lipinski definition) is 1. The molecule has 2 atom stereocenters. The summed E-state index contributed by atoms with van der Waals surface area (Å²) in [6.07, 6.45) is -0.0540. The highest BCUT2D eigenvalue weighted by atomic mass is 19.1. The third-order valence-electron chi connectivity index (χ3n) is 3.07. The van der Waals surface area contributed by atoms with Crippen LogP contribution in [0.1, 0.15) is 17.9 Å². The molecule has 1 saturated carbocycles. The summed E-state index contributed by atoms with van der Waals surface area (Å²) in [4.78, 5) is 10.5. The van der Waals surface area contributed by atoms with Crippen LogP contribution in [0.3, 0.4) is 0 Å². The van der Waals surface area contributed by atoms with Gasteiger partial charge in [0.2, 0.25) is 0 Å². The highest BCUT2D eigenvalue weighted by molar-refractivity contribution is 5.64. The highest BCUT2D eigenvalue weighted by Gasteiger charge is 2.41. The molecule has 1 aromatic carbocycles. The van der Waals surface area contributed by atoms with Crippen LogP contribution < -0.4 is 10.5 Å². The Labute approximate surface area is 109 Å². The summed E-state index contributed by atoms with van der Waals surface area (Å²) in [5.74, 6) is 0.279. The molecule has 1 aromatic rings. The van der Waals surface area contributed by atoms with Gasteiger partial charge in [0.05, 0.1) is 6.61 Å². The molecule has 1 aliphatic carbocycles. The van der Waals surface area contributed by atoms with Gasteiger partial charge in [0.1, 0.15) is 24.8 Å². The molecule has 104 valence electrons. The Morgan fingerprint density at radius 2 is 2.26 bits per heavy atom. The van der Waals surface area contributed by atoms with Gasteiger partial charge in [-0.25, -0.2) is 13.6 Å². The highest BCUT2D eigenvalue weighted by Crippen LogP contribution is 2.50. The Hall–Kier alpha value is -1.85. The van der Waals surface area contributed by atoms with E-state index in [9.17, 15) is 13.6 Å². The predicted octanol–water partition coefficient (Wildman–Crippen LogP) is 2.37. The smallest absolute Gasteiger partial charge is 0.404 e. The van der Waals surface area contributed by atoms with Crippen molar-refractivity contribution in [3.63, 3.8) is 0 Å². The fourth-order valence-electron chi connectivity index (χ4n) is 2.09. The Balaban J connectivity index is 2.03. The Bertz CT molecular complexity index is 467. The molecule has 2 rings (SSSR count). The number of halogens is 2. The lowest BCUT2D eigenvalue weighted by Crippen LogP contribution is -2.14. The van der Waals surface area contributed by atoms with Crippen molar-refractivity contribution in [3.05, 3.63) is 29.6 Å². The van der Waals surface area contributed by atoms with Crippen molar-refractivity contribution in [2.45, 2.75) is 12.3 Å². The molecule has 4 nitrogen and oxygen atoms in total. The van der Waals surface area contributed by atoms with E-state index in [0.717, 1.165) is 6.42 Å². The van der Waals surface area contributed by atoms with Crippen LogP contribution in [0.25, 0.3) is 0 Å². The maximum Gasteiger partial charge on any atom is 0.404 e. The van der Waals surface area contributed by atoms with Gasteiger partial charge in [-0.1, -0.05) is 0 Å². The molecule has 0 radical (unpaired) electrons. The fourth-order valence-corrected chi connectivity index (χ4v) is 2.09. The molecule has 0 aromatic heterocycles. The van der Waals surface area contributed by atoms with Crippen molar-refractivity contribution in [2.75, 3.05) is 19.9 Å². The lowest BCUT2D eigenvalue weighted by Gasteiger charge is -2.10. The Morgan fingerprint density at radius 3 is 2.95 bits per heavy atom. The maximum atomic E-state index is 13.3. The number of amides is 1. The van der Waals surface area contributed by atoms with Crippen molar-refractivity contribution < 1.29 is 23.0 Å². The summed E-state index contributed by atoms with van der Waals surface area (Å²) in [5.41, 5.74) is 5.57. The molecular formula is C13H15F2NO3. The summed E-state index contributed by atoms with van der Waals surface area (Å²) in [5, 5.41) is 0. The zero-order valence-corrected chi connectivity index (χ0v) is 10.3. The third kappa shape index (κ3) is 3.56. The van der Waals surface area contributed by atoms with Gasteiger partial charge in [0.15, 0.2) is 0 Å². The van der Waals surface area contributed by atoms with Crippen LogP contribution in [0, 0.1) is 11.7 Å². The molecule has 2 N–H and O–H groups in total. The number of rotatable bonds is 6. The number of benzene rings is 1. The van der Waals surface area contributed by atoms with Crippen LogP contribution in [-0.2, 0) is 4.74 Å². The fraction of sp³-hybridized carbons (Fsp3) is 0.462. The van der Waals surface area contributed by atoms with Crippen molar-refractivity contribution in [1.82, 2.24) is 0 Å². The van der Waals surface area contributed by atoms with Crippen LogP contribution in [0.15, 0.2) is 18.2 Å². The summed E-state index contributed by atoms with van der Waals surface area (Å²) >= 11 is 0. The van der Waals surface area contributed by atoms with Crippen LogP contribution in [0.4, 0.5) is 13.6 Å². The molecule has 1 aliphatic rings. The summed E-state index contributed by atoms with van der Waals surface area (Å²) < 4.78 is 35.3. The molecule has 1 fully saturated rings. The van der Waals surface area contributed by atoms with E-state index in [1.165, 1.54) is 18.2 Å². The van der Waals surface area contributed by atoms with Crippen molar-refractivity contribution in [2.24, 2.45) is 11.7 Å². The predicted molar refractivity (Wildman–Crippen MR) is 64.3 cm³/mol. The van der Waals surface area contributed by atoms with E-state index in [1.807, 2.05) is 0 Å². The molecule has 1 amide bonds. The lowest BCUT2D eigenvalue weighted by atomic mass is 10.1. The van der Waals surface area contributed by atoms with E-state index in [0.29, 0.717) is 11.3 Å². The summed E-state index contributed by atoms with van der Waals surface area (Å²) in [7, 11) is 0. The normalized spacial score (nSPS) is 20.9. The first-order chi connectivity index (χ1) is 9.11. The van der Waals surface area contributed by atoms with E-state index in [1.54, 1.807) is 0 Å². The molecule has 6 heteroatoms. The average molecular weight is 271 g/mol. The summed E-state index contributed by atoms with van der Waals surface area (Å²) in [6.45, 7) is -0.456. The summed E-state index contributed by atoms with van der Waals surface area (Å²) in [6, 6.07) is 4.14. The first kappa shape index (κ1) is 13.6. The molecular weight excluding hydrogens is 256 g/mol. The van der Waals surface area contributed by atoms with E-state index >= 15 is 0 Å². The lowest BCUT2D eigenvalue weighted by molar-refractivity contribution is 0.150. The van der Waals surface area contributed by atoms with Crippen LogP contribution in [-0.4, -0.2) is 26.0 Å². The zero-order chi connectivity index (χ0) is 13.8. The molecule has 0 bridgehead atoms. The minimum absolute atomic E-state index is 0.0599.